The van der Waals surface area contributed by atoms with Gasteiger partial charge in [-0.05, 0) is 31.3 Å². The summed E-state index contributed by atoms with van der Waals surface area (Å²) in [5, 5.41) is 0. The summed E-state index contributed by atoms with van der Waals surface area (Å²) in [5.41, 5.74) is 0.745. The Balaban J connectivity index is 2.83. The fraction of sp³-hybridized carbons (Fsp3) is 0.714. The lowest BCUT2D eigenvalue weighted by Gasteiger charge is -2.26. The second-order valence-electron chi connectivity index (χ2n) is 5.47. The molecule has 120 valence electrons. The lowest BCUT2D eigenvalue weighted by Crippen LogP contribution is -2.29. The van der Waals surface area contributed by atoms with Crippen LogP contribution in [-0.4, -0.2) is 32.1 Å². The highest BCUT2D eigenvalue weighted by atomic mass is 31.2. The molecule has 0 heterocycles. The standard InChI is InChI=1S/C14H23O6P/c1-9(2)11-7-6-10(3)14(13(11)16)20-12(15)8-21(17,18-4)19-5/h9,11H,6-8H2,1-5H3. The second kappa shape index (κ2) is 7.34. The van der Waals surface area contributed by atoms with E-state index in [9.17, 15) is 14.2 Å². The fourth-order valence-electron chi connectivity index (χ4n) is 2.28. The number of carbonyl (C=O) groups is 2. The number of hydrogen-bond acceptors (Lipinski definition) is 6. The molecular formula is C14H23O6P. The molecule has 0 N–H and O–H groups in total. The first-order valence-corrected chi connectivity index (χ1v) is 8.62. The Morgan fingerprint density at radius 2 is 1.90 bits per heavy atom. The maximum atomic E-state index is 12.4. The van der Waals surface area contributed by atoms with Crippen LogP contribution in [0.2, 0.25) is 0 Å². The van der Waals surface area contributed by atoms with E-state index in [0.29, 0.717) is 6.42 Å². The lowest BCUT2D eigenvalue weighted by atomic mass is 9.80. The molecule has 0 saturated heterocycles. The Hall–Kier alpha value is -0.970. The largest absolute Gasteiger partial charge is 0.422 e. The van der Waals surface area contributed by atoms with Gasteiger partial charge in [-0.15, -0.1) is 0 Å². The predicted octanol–water partition coefficient (Wildman–Crippen LogP) is 2.92. The van der Waals surface area contributed by atoms with Crippen LogP contribution in [0.15, 0.2) is 11.3 Å². The first-order valence-electron chi connectivity index (χ1n) is 6.89. The molecule has 0 aromatic rings. The minimum absolute atomic E-state index is 0.0868. The van der Waals surface area contributed by atoms with Crippen molar-refractivity contribution in [3.8, 4) is 0 Å². The number of esters is 1. The molecular weight excluding hydrogens is 295 g/mol. The van der Waals surface area contributed by atoms with Gasteiger partial charge in [0, 0.05) is 20.1 Å². The third-order valence-corrected chi connectivity index (χ3v) is 5.44. The van der Waals surface area contributed by atoms with E-state index in [1.807, 2.05) is 13.8 Å². The third kappa shape index (κ3) is 4.50. The molecule has 1 atom stereocenters. The van der Waals surface area contributed by atoms with E-state index in [1.165, 1.54) is 14.2 Å². The van der Waals surface area contributed by atoms with E-state index in [0.717, 1.165) is 12.0 Å². The third-order valence-electron chi connectivity index (χ3n) is 3.68. The Morgan fingerprint density at radius 1 is 1.33 bits per heavy atom. The van der Waals surface area contributed by atoms with Crippen molar-refractivity contribution >= 4 is 19.3 Å². The van der Waals surface area contributed by atoms with Crippen molar-refractivity contribution in [1.29, 1.82) is 0 Å². The van der Waals surface area contributed by atoms with Crippen LogP contribution in [0.1, 0.15) is 33.6 Å². The number of allylic oxidation sites excluding steroid dienone is 2. The molecule has 0 fully saturated rings. The highest BCUT2D eigenvalue weighted by Crippen LogP contribution is 2.46. The van der Waals surface area contributed by atoms with Crippen molar-refractivity contribution in [2.45, 2.75) is 33.6 Å². The van der Waals surface area contributed by atoms with Gasteiger partial charge in [0.15, 0.2) is 5.76 Å². The van der Waals surface area contributed by atoms with Crippen molar-refractivity contribution in [3.05, 3.63) is 11.3 Å². The monoisotopic (exact) mass is 318 g/mol. The molecule has 21 heavy (non-hydrogen) atoms. The van der Waals surface area contributed by atoms with Gasteiger partial charge < -0.3 is 13.8 Å². The fourth-order valence-corrected chi connectivity index (χ4v) is 3.06. The zero-order chi connectivity index (χ0) is 16.2. The van der Waals surface area contributed by atoms with Crippen LogP contribution < -0.4 is 0 Å². The molecule has 0 saturated carbocycles. The van der Waals surface area contributed by atoms with Gasteiger partial charge in [-0.3, -0.25) is 14.2 Å². The minimum Gasteiger partial charge on any atom is -0.422 e. The van der Waals surface area contributed by atoms with Gasteiger partial charge in [0.25, 0.3) is 0 Å². The number of carbonyl (C=O) groups excluding carboxylic acids is 2. The zero-order valence-corrected chi connectivity index (χ0v) is 14.1. The molecule has 0 amide bonds. The van der Waals surface area contributed by atoms with Gasteiger partial charge in [-0.1, -0.05) is 13.8 Å². The highest BCUT2D eigenvalue weighted by molar-refractivity contribution is 7.54. The summed E-state index contributed by atoms with van der Waals surface area (Å²) in [6.45, 7) is 5.70. The second-order valence-corrected chi connectivity index (χ2v) is 7.74. The van der Waals surface area contributed by atoms with E-state index in [4.69, 9.17) is 13.8 Å². The summed E-state index contributed by atoms with van der Waals surface area (Å²) in [5.74, 6) is -0.818. The number of Topliss-reactive ketones (excluding diaryl/α,β-unsaturated/α-hetero) is 1. The number of hydrogen-bond donors (Lipinski definition) is 0. The Morgan fingerprint density at radius 3 is 2.38 bits per heavy atom. The van der Waals surface area contributed by atoms with Crippen molar-refractivity contribution in [3.63, 3.8) is 0 Å². The molecule has 0 radical (unpaired) electrons. The van der Waals surface area contributed by atoms with Gasteiger partial charge >= 0.3 is 13.6 Å². The van der Waals surface area contributed by atoms with E-state index >= 15 is 0 Å². The maximum absolute atomic E-state index is 12.4. The lowest BCUT2D eigenvalue weighted by molar-refractivity contribution is -0.142. The SMILES string of the molecule is COP(=O)(CC(=O)OC1=C(C)CCC(C(C)C)C1=O)OC. The molecule has 6 nitrogen and oxygen atoms in total. The summed E-state index contributed by atoms with van der Waals surface area (Å²) >= 11 is 0. The topological polar surface area (TPSA) is 78.9 Å². The Kier molecular flexibility index (Phi) is 6.32. The zero-order valence-electron chi connectivity index (χ0n) is 13.2. The molecule has 0 bridgehead atoms. The molecule has 1 aliphatic carbocycles. The van der Waals surface area contributed by atoms with Gasteiger partial charge in [-0.25, -0.2) is 0 Å². The van der Waals surface area contributed by atoms with Gasteiger partial charge in [-0.2, -0.15) is 0 Å². The molecule has 0 aliphatic heterocycles. The van der Waals surface area contributed by atoms with Crippen molar-refractivity contribution in [1.82, 2.24) is 0 Å². The van der Waals surface area contributed by atoms with Gasteiger partial charge in [0.1, 0.15) is 6.16 Å². The summed E-state index contributed by atoms with van der Waals surface area (Å²) in [6.07, 6.45) is 0.956. The molecule has 1 unspecified atom stereocenters. The van der Waals surface area contributed by atoms with Gasteiger partial charge in [0.2, 0.25) is 5.78 Å². The van der Waals surface area contributed by atoms with Crippen LogP contribution in [0, 0.1) is 11.8 Å². The smallest absolute Gasteiger partial charge is 0.341 e. The molecule has 0 spiro atoms. The van der Waals surface area contributed by atoms with Gasteiger partial charge in [0.05, 0.1) is 0 Å². The predicted molar refractivity (Wildman–Crippen MR) is 77.9 cm³/mol. The molecule has 0 aromatic carbocycles. The molecule has 1 aliphatic rings. The number of rotatable bonds is 6. The van der Waals surface area contributed by atoms with Crippen molar-refractivity contribution < 1.29 is 27.9 Å². The summed E-state index contributed by atoms with van der Waals surface area (Å²) in [7, 11) is -1.09. The number of ether oxygens (including phenoxy) is 1. The summed E-state index contributed by atoms with van der Waals surface area (Å²) in [6, 6.07) is 0. The van der Waals surface area contributed by atoms with Crippen LogP contribution in [0.5, 0.6) is 0 Å². The Bertz CT molecular complexity index is 486. The van der Waals surface area contributed by atoms with E-state index < -0.39 is 19.7 Å². The van der Waals surface area contributed by atoms with Crippen LogP contribution in [0.3, 0.4) is 0 Å². The minimum atomic E-state index is -3.49. The first-order chi connectivity index (χ1) is 9.74. The van der Waals surface area contributed by atoms with Crippen LogP contribution in [0.25, 0.3) is 0 Å². The summed E-state index contributed by atoms with van der Waals surface area (Å²) in [4.78, 5) is 24.2. The molecule has 0 aromatic heterocycles. The quantitative estimate of drug-likeness (QED) is 0.553. The number of ketones is 1. The maximum Gasteiger partial charge on any atom is 0.341 e. The van der Waals surface area contributed by atoms with Crippen LogP contribution in [0.4, 0.5) is 0 Å². The van der Waals surface area contributed by atoms with Crippen LogP contribution >= 0.6 is 7.60 Å². The van der Waals surface area contributed by atoms with E-state index in [-0.39, 0.29) is 23.4 Å². The average Bonchev–Trinajstić information content (AvgIpc) is 2.42. The first kappa shape index (κ1) is 18.1. The van der Waals surface area contributed by atoms with Crippen molar-refractivity contribution in [2.75, 3.05) is 20.4 Å². The average molecular weight is 318 g/mol. The Labute approximate surface area is 125 Å². The van der Waals surface area contributed by atoms with E-state index in [1.54, 1.807) is 6.92 Å². The molecule has 7 heteroatoms. The normalized spacial score (nSPS) is 20.1. The highest BCUT2D eigenvalue weighted by Gasteiger charge is 2.34. The molecule has 1 rings (SSSR count). The van der Waals surface area contributed by atoms with Crippen molar-refractivity contribution in [2.24, 2.45) is 11.8 Å². The summed E-state index contributed by atoms with van der Waals surface area (Å²) < 4.78 is 26.4. The van der Waals surface area contributed by atoms with E-state index in [2.05, 4.69) is 0 Å². The van der Waals surface area contributed by atoms with Crippen LogP contribution in [-0.2, 0) is 27.9 Å².